The fourth-order valence-corrected chi connectivity index (χ4v) is 3.56. The lowest BCUT2D eigenvalue weighted by Gasteiger charge is -2.31. The number of hydrogen-bond donors (Lipinski definition) is 1. The molecule has 0 heterocycles. The van der Waals surface area contributed by atoms with Crippen LogP contribution in [0.3, 0.4) is 0 Å². The quantitative estimate of drug-likeness (QED) is 0.426. The normalized spacial score (nSPS) is 11.8. The zero-order chi connectivity index (χ0) is 23.1. The van der Waals surface area contributed by atoms with Crippen molar-refractivity contribution in [3.8, 4) is 0 Å². The number of benzene rings is 2. The van der Waals surface area contributed by atoms with Crippen LogP contribution in [-0.4, -0.2) is 33.7 Å². The molecule has 2 aromatic rings. The third kappa shape index (κ3) is 6.67. The maximum absolute atomic E-state index is 13.3. The Morgan fingerprint density at radius 2 is 1.81 bits per heavy atom. The molecule has 0 aliphatic rings. The zero-order valence-electron chi connectivity index (χ0n) is 17.6. The minimum Gasteiger partial charge on any atom is -0.352 e. The van der Waals surface area contributed by atoms with Crippen molar-refractivity contribution in [3.05, 3.63) is 73.8 Å². The van der Waals surface area contributed by atoms with E-state index >= 15 is 0 Å². The average Bonchev–Trinajstić information content (AvgIpc) is 2.70. The Hall–Kier alpha value is -2.64. The summed E-state index contributed by atoms with van der Waals surface area (Å²) in [6, 6.07) is 10.2. The first-order chi connectivity index (χ1) is 14.6. The number of halogens is 2. The van der Waals surface area contributed by atoms with Gasteiger partial charge in [-0.25, -0.2) is 0 Å². The molecule has 0 saturated carbocycles. The van der Waals surface area contributed by atoms with E-state index in [1.165, 1.54) is 11.0 Å². The van der Waals surface area contributed by atoms with E-state index in [0.29, 0.717) is 22.0 Å². The molecule has 0 bridgehead atoms. The fraction of sp³-hybridized carbons (Fsp3) is 0.364. The van der Waals surface area contributed by atoms with Crippen LogP contribution in [0.5, 0.6) is 0 Å². The summed E-state index contributed by atoms with van der Waals surface area (Å²) in [6.45, 7) is 5.59. The molecule has 0 unspecified atom stereocenters. The van der Waals surface area contributed by atoms with E-state index in [4.69, 9.17) is 23.2 Å². The molecule has 0 saturated heterocycles. The molecule has 0 fully saturated rings. The van der Waals surface area contributed by atoms with Crippen LogP contribution in [0.15, 0.2) is 42.5 Å². The molecule has 1 atom stereocenters. The van der Waals surface area contributed by atoms with Gasteiger partial charge in [0.1, 0.15) is 6.04 Å². The second-order valence-electron chi connectivity index (χ2n) is 7.42. The zero-order valence-corrected chi connectivity index (χ0v) is 19.1. The highest BCUT2D eigenvalue weighted by atomic mass is 35.5. The summed E-state index contributed by atoms with van der Waals surface area (Å²) < 4.78 is 0. The molecular formula is C22H25Cl2N3O4. The van der Waals surface area contributed by atoms with E-state index in [-0.39, 0.29) is 36.2 Å². The molecule has 7 nitrogen and oxygen atoms in total. The Kier molecular flexibility index (Phi) is 8.83. The maximum atomic E-state index is 13.3. The predicted octanol–water partition coefficient (Wildman–Crippen LogP) is 4.78. The van der Waals surface area contributed by atoms with E-state index in [0.717, 1.165) is 0 Å². The molecule has 2 aromatic carbocycles. The van der Waals surface area contributed by atoms with Crippen molar-refractivity contribution in [2.45, 2.75) is 52.2 Å². The molecule has 1 N–H and O–H groups in total. The number of rotatable bonds is 9. The summed E-state index contributed by atoms with van der Waals surface area (Å²) >= 11 is 12.1. The van der Waals surface area contributed by atoms with Crippen LogP contribution in [0.2, 0.25) is 10.0 Å². The molecule has 2 rings (SSSR count). The first-order valence-corrected chi connectivity index (χ1v) is 10.7. The Balaban J connectivity index is 2.39. The van der Waals surface area contributed by atoms with E-state index in [2.05, 4.69) is 5.32 Å². The Labute approximate surface area is 191 Å². The van der Waals surface area contributed by atoms with Gasteiger partial charge in [0.2, 0.25) is 11.8 Å². The van der Waals surface area contributed by atoms with Gasteiger partial charge in [0.15, 0.2) is 0 Å². The Morgan fingerprint density at radius 3 is 2.39 bits per heavy atom. The van der Waals surface area contributed by atoms with Gasteiger partial charge in [-0.1, -0.05) is 54.4 Å². The van der Waals surface area contributed by atoms with Crippen molar-refractivity contribution in [3.63, 3.8) is 0 Å². The summed E-state index contributed by atoms with van der Waals surface area (Å²) in [5, 5.41) is 14.9. The van der Waals surface area contributed by atoms with Crippen LogP contribution in [0.1, 0.15) is 38.3 Å². The second-order valence-corrected chi connectivity index (χ2v) is 8.23. The van der Waals surface area contributed by atoms with Gasteiger partial charge in [-0.2, -0.15) is 0 Å². The van der Waals surface area contributed by atoms with E-state index in [1.807, 2.05) is 20.8 Å². The van der Waals surface area contributed by atoms with Crippen LogP contribution in [-0.2, 0) is 22.6 Å². The topological polar surface area (TPSA) is 92.6 Å². The van der Waals surface area contributed by atoms with Crippen molar-refractivity contribution >= 4 is 40.7 Å². The third-order valence-electron chi connectivity index (χ3n) is 4.68. The predicted molar refractivity (Wildman–Crippen MR) is 121 cm³/mol. The minimum absolute atomic E-state index is 0.0984. The smallest absolute Gasteiger partial charge is 0.273 e. The van der Waals surface area contributed by atoms with Gasteiger partial charge in [0.25, 0.3) is 5.69 Å². The number of carbonyl (C=O) groups excluding carboxylic acids is 2. The molecule has 9 heteroatoms. The maximum Gasteiger partial charge on any atom is 0.273 e. The first kappa shape index (κ1) is 24.6. The van der Waals surface area contributed by atoms with Crippen LogP contribution in [0, 0.1) is 10.1 Å². The monoisotopic (exact) mass is 465 g/mol. The van der Waals surface area contributed by atoms with Gasteiger partial charge in [-0.05, 0) is 38.0 Å². The molecular weight excluding hydrogens is 441 g/mol. The molecule has 0 spiro atoms. The minimum atomic E-state index is -0.743. The first-order valence-electron chi connectivity index (χ1n) is 9.90. The summed E-state index contributed by atoms with van der Waals surface area (Å²) in [5.74, 6) is -0.681. The van der Waals surface area contributed by atoms with Crippen LogP contribution < -0.4 is 5.32 Å². The van der Waals surface area contributed by atoms with Crippen LogP contribution >= 0.6 is 23.2 Å². The molecule has 0 aromatic heterocycles. The number of para-hydroxylation sites is 1. The van der Waals surface area contributed by atoms with Gasteiger partial charge < -0.3 is 10.2 Å². The molecule has 166 valence electrons. The number of amides is 2. The van der Waals surface area contributed by atoms with Crippen molar-refractivity contribution in [1.82, 2.24) is 10.2 Å². The van der Waals surface area contributed by atoms with Crippen molar-refractivity contribution < 1.29 is 14.5 Å². The largest absolute Gasteiger partial charge is 0.352 e. The highest BCUT2D eigenvalue weighted by Gasteiger charge is 2.30. The summed E-state index contributed by atoms with van der Waals surface area (Å²) in [7, 11) is 0. The van der Waals surface area contributed by atoms with Crippen LogP contribution in [0.25, 0.3) is 0 Å². The molecule has 31 heavy (non-hydrogen) atoms. The highest BCUT2D eigenvalue weighted by Crippen LogP contribution is 2.25. The molecule has 0 aliphatic heterocycles. The SMILES string of the molecule is CC[C@@H](C(=O)NC(C)C)N(Cc1ccc(Cl)c(Cl)c1)C(=O)Cc1ccccc1[N+](=O)[O-]. The lowest BCUT2D eigenvalue weighted by atomic mass is 10.1. The third-order valence-corrected chi connectivity index (χ3v) is 5.42. The van der Waals surface area contributed by atoms with Gasteiger partial charge in [-0.15, -0.1) is 0 Å². The number of nitrogens with one attached hydrogen (secondary N) is 1. The van der Waals surface area contributed by atoms with E-state index in [9.17, 15) is 19.7 Å². The molecule has 0 aliphatic carbocycles. The number of nitro groups is 1. The van der Waals surface area contributed by atoms with Gasteiger partial charge in [-0.3, -0.25) is 19.7 Å². The molecule has 2 amide bonds. The fourth-order valence-electron chi connectivity index (χ4n) is 3.24. The summed E-state index contributed by atoms with van der Waals surface area (Å²) in [4.78, 5) is 38.4. The van der Waals surface area contributed by atoms with Crippen LogP contribution in [0.4, 0.5) is 5.69 Å². The Bertz CT molecular complexity index is 966. The number of hydrogen-bond acceptors (Lipinski definition) is 4. The lowest BCUT2D eigenvalue weighted by Crippen LogP contribution is -2.50. The number of nitro benzene ring substituents is 1. The summed E-state index contributed by atoms with van der Waals surface area (Å²) in [6.07, 6.45) is 0.173. The van der Waals surface area contributed by atoms with Crippen molar-refractivity contribution in [2.24, 2.45) is 0 Å². The standard InChI is InChI=1S/C22H25Cl2N3O4/c1-4-19(22(29)25-14(2)3)26(13-15-9-10-17(23)18(24)11-15)21(28)12-16-7-5-6-8-20(16)27(30)31/h5-11,14,19H,4,12-13H2,1-3H3,(H,25,29)/t19-/m0/s1. The molecule has 0 radical (unpaired) electrons. The lowest BCUT2D eigenvalue weighted by molar-refractivity contribution is -0.385. The van der Waals surface area contributed by atoms with Crippen molar-refractivity contribution in [1.29, 1.82) is 0 Å². The summed E-state index contributed by atoms with van der Waals surface area (Å²) in [5.41, 5.74) is 0.849. The highest BCUT2D eigenvalue weighted by molar-refractivity contribution is 6.42. The number of nitrogens with zero attached hydrogens (tertiary/aromatic N) is 2. The average molecular weight is 466 g/mol. The second kappa shape index (κ2) is 11.1. The van der Waals surface area contributed by atoms with Gasteiger partial charge >= 0.3 is 0 Å². The van der Waals surface area contributed by atoms with E-state index in [1.54, 1.807) is 36.4 Å². The van der Waals surface area contributed by atoms with Gasteiger partial charge in [0, 0.05) is 24.2 Å². The van der Waals surface area contributed by atoms with Crippen molar-refractivity contribution in [2.75, 3.05) is 0 Å². The van der Waals surface area contributed by atoms with E-state index < -0.39 is 16.9 Å². The number of carbonyl (C=O) groups is 2. The van der Waals surface area contributed by atoms with Gasteiger partial charge in [0.05, 0.1) is 21.4 Å². The Morgan fingerprint density at radius 1 is 1.13 bits per heavy atom.